The van der Waals surface area contributed by atoms with Gasteiger partial charge in [-0.3, -0.25) is 9.34 Å². The summed E-state index contributed by atoms with van der Waals surface area (Å²) in [5.41, 5.74) is 0. The molecule has 12 heavy (non-hydrogen) atoms. The summed E-state index contributed by atoms with van der Waals surface area (Å²) in [6, 6.07) is 0. The second kappa shape index (κ2) is 5.87. The molecule has 0 amide bonds. The molecule has 1 unspecified atom stereocenters. The zero-order valence-corrected chi connectivity index (χ0v) is 9.05. The van der Waals surface area contributed by atoms with Crippen LogP contribution in [-0.2, 0) is 4.74 Å². The molecule has 1 atom stereocenters. The molecule has 0 spiro atoms. The summed E-state index contributed by atoms with van der Waals surface area (Å²) in [7, 11) is 0.859. The molecule has 3 nitrogen and oxygen atoms in total. The smallest absolute Gasteiger partial charge is 0.0597 e. The second-order valence-corrected chi connectivity index (χ2v) is 4.34. The van der Waals surface area contributed by atoms with Gasteiger partial charge in [-0.15, -0.1) is 0 Å². The average Bonchev–Trinajstić information content (AvgIpc) is 2.16. The highest BCUT2D eigenvalue weighted by Gasteiger charge is 2.12. The Hall–Kier alpha value is 0.310. The SMILES string of the molecule is CCN(CC)PN1CCOCC1. The Kier molecular flexibility index (Phi) is 5.08. The van der Waals surface area contributed by atoms with E-state index in [0.29, 0.717) is 0 Å². The molecule has 0 saturated carbocycles. The molecule has 1 fully saturated rings. The van der Waals surface area contributed by atoms with Gasteiger partial charge in [0.05, 0.1) is 13.2 Å². The van der Waals surface area contributed by atoms with Crippen LogP contribution in [0.25, 0.3) is 0 Å². The van der Waals surface area contributed by atoms with E-state index in [0.717, 1.165) is 48.3 Å². The Labute approximate surface area is 76.9 Å². The highest BCUT2D eigenvalue weighted by atomic mass is 31.1. The van der Waals surface area contributed by atoms with Crippen molar-refractivity contribution in [2.75, 3.05) is 39.4 Å². The van der Waals surface area contributed by atoms with Crippen LogP contribution in [0.15, 0.2) is 0 Å². The van der Waals surface area contributed by atoms with E-state index < -0.39 is 0 Å². The highest BCUT2D eigenvalue weighted by molar-refractivity contribution is 7.32. The van der Waals surface area contributed by atoms with Crippen molar-refractivity contribution in [2.45, 2.75) is 13.8 Å². The van der Waals surface area contributed by atoms with Crippen molar-refractivity contribution in [2.24, 2.45) is 0 Å². The molecule has 72 valence electrons. The molecular formula is C8H19N2OP. The molecule has 0 aromatic rings. The Bertz CT molecular complexity index is 114. The molecule has 0 aromatic heterocycles. The molecule has 1 rings (SSSR count). The summed E-state index contributed by atoms with van der Waals surface area (Å²) < 4.78 is 10.2. The van der Waals surface area contributed by atoms with Gasteiger partial charge in [-0.05, 0) is 0 Å². The van der Waals surface area contributed by atoms with E-state index in [-0.39, 0.29) is 0 Å². The zero-order chi connectivity index (χ0) is 8.81. The van der Waals surface area contributed by atoms with Gasteiger partial charge in [-0.1, -0.05) is 13.8 Å². The summed E-state index contributed by atoms with van der Waals surface area (Å²) >= 11 is 0. The minimum atomic E-state index is 0.859. The van der Waals surface area contributed by atoms with Crippen LogP contribution in [0.4, 0.5) is 0 Å². The van der Waals surface area contributed by atoms with Gasteiger partial charge >= 0.3 is 0 Å². The number of morpholine rings is 1. The van der Waals surface area contributed by atoms with E-state index in [9.17, 15) is 0 Å². The number of nitrogens with zero attached hydrogens (tertiary/aromatic N) is 2. The lowest BCUT2D eigenvalue weighted by atomic mass is 10.5. The van der Waals surface area contributed by atoms with Crippen molar-refractivity contribution >= 4 is 8.88 Å². The molecule has 0 aromatic carbocycles. The maximum atomic E-state index is 5.29. The minimum absolute atomic E-state index is 0.859. The molecule has 0 radical (unpaired) electrons. The third-order valence-electron chi connectivity index (χ3n) is 2.06. The van der Waals surface area contributed by atoms with E-state index in [4.69, 9.17) is 4.74 Å². The average molecular weight is 190 g/mol. The highest BCUT2D eigenvalue weighted by Crippen LogP contribution is 2.23. The van der Waals surface area contributed by atoms with Gasteiger partial charge in [0.25, 0.3) is 0 Å². The van der Waals surface area contributed by atoms with E-state index in [2.05, 4.69) is 23.2 Å². The lowest BCUT2D eigenvalue weighted by Gasteiger charge is -2.31. The van der Waals surface area contributed by atoms with Gasteiger partial charge in [0.15, 0.2) is 0 Å². The Morgan fingerprint density at radius 1 is 1.25 bits per heavy atom. The van der Waals surface area contributed by atoms with Crippen molar-refractivity contribution in [1.29, 1.82) is 0 Å². The fraction of sp³-hybridized carbons (Fsp3) is 1.00. The quantitative estimate of drug-likeness (QED) is 0.619. The molecule has 1 saturated heterocycles. The van der Waals surface area contributed by atoms with Gasteiger partial charge in [-0.2, -0.15) is 0 Å². The van der Waals surface area contributed by atoms with Crippen LogP contribution in [0.3, 0.4) is 0 Å². The van der Waals surface area contributed by atoms with Crippen LogP contribution in [0, 0.1) is 0 Å². The van der Waals surface area contributed by atoms with Gasteiger partial charge in [0, 0.05) is 35.1 Å². The number of ether oxygens (including phenoxy) is 1. The first-order valence-corrected chi connectivity index (χ1v) is 5.60. The van der Waals surface area contributed by atoms with E-state index in [1.165, 1.54) is 0 Å². The topological polar surface area (TPSA) is 15.7 Å². The fourth-order valence-electron chi connectivity index (χ4n) is 1.23. The van der Waals surface area contributed by atoms with Crippen LogP contribution in [-0.4, -0.2) is 48.7 Å². The standard InChI is InChI=1S/C8H19N2OP/c1-3-9(4-2)12-10-5-7-11-8-6-10/h12H,3-8H2,1-2H3. The van der Waals surface area contributed by atoms with E-state index in [1.54, 1.807) is 0 Å². The summed E-state index contributed by atoms with van der Waals surface area (Å²) in [6.45, 7) is 10.8. The lowest BCUT2D eigenvalue weighted by Crippen LogP contribution is -2.33. The van der Waals surface area contributed by atoms with Gasteiger partial charge in [0.1, 0.15) is 0 Å². The van der Waals surface area contributed by atoms with Crippen molar-refractivity contribution in [3.05, 3.63) is 0 Å². The third-order valence-corrected chi connectivity index (χ3v) is 3.70. The van der Waals surface area contributed by atoms with Crippen molar-refractivity contribution in [1.82, 2.24) is 9.34 Å². The van der Waals surface area contributed by atoms with Gasteiger partial charge < -0.3 is 4.74 Å². The van der Waals surface area contributed by atoms with Crippen molar-refractivity contribution in [3.63, 3.8) is 0 Å². The molecule has 0 bridgehead atoms. The van der Waals surface area contributed by atoms with E-state index in [1.807, 2.05) is 0 Å². The first-order valence-electron chi connectivity index (χ1n) is 4.70. The maximum absolute atomic E-state index is 5.29. The monoisotopic (exact) mass is 190 g/mol. The molecule has 1 aliphatic heterocycles. The van der Waals surface area contributed by atoms with Gasteiger partial charge in [-0.25, -0.2) is 0 Å². The third kappa shape index (κ3) is 3.36. The van der Waals surface area contributed by atoms with Crippen molar-refractivity contribution < 1.29 is 4.74 Å². The predicted octanol–water partition coefficient (Wildman–Crippen LogP) is 1.17. The number of rotatable bonds is 4. The summed E-state index contributed by atoms with van der Waals surface area (Å²) in [5.74, 6) is 0. The molecule has 1 heterocycles. The zero-order valence-electron chi connectivity index (χ0n) is 8.05. The summed E-state index contributed by atoms with van der Waals surface area (Å²) in [5, 5.41) is 0. The van der Waals surface area contributed by atoms with Crippen LogP contribution < -0.4 is 0 Å². The van der Waals surface area contributed by atoms with Crippen LogP contribution in [0.5, 0.6) is 0 Å². The predicted molar refractivity (Wildman–Crippen MR) is 53.6 cm³/mol. The molecular weight excluding hydrogens is 171 g/mol. The number of hydrogen-bond acceptors (Lipinski definition) is 3. The largest absolute Gasteiger partial charge is 0.379 e. The molecule has 4 heteroatoms. The Morgan fingerprint density at radius 2 is 1.83 bits per heavy atom. The van der Waals surface area contributed by atoms with E-state index >= 15 is 0 Å². The maximum Gasteiger partial charge on any atom is 0.0597 e. The lowest BCUT2D eigenvalue weighted by molar-refractivity contribution is 0.0740. The molecule has 1 aliphatic rings. The van der Waals surface area contributed by atoms with Crippen LogP contribution >= 0.6 is 8.88 Å². The summed E-state index contributed by atoms with van der Waals surface area (Å²) in [6.07, 6.45) is 0. The number of hydrogen-bond donors (Lipinski definition) is 0. The normalized spacial score (nSPS) is 21.2. The fourth-order valence-corrected chi connectivity index (χ4v) is 2.29. The first kappa shape index (κ1) is 10.4. The van der Waals surface area contributed by atoms with Crippen LogP contribution in [0.2, 0.25) is 0 Å². The second-order valence-electron chi connectivity index (χ2n) is 2.87. The van der Waals surface area contributed by atoms with Crippen molar-refractivity contribution in [3.8, 4) is 0 Å². The molecule has 0 aliphatic carbocycles. The molecule has 0 N–H and O–H groups in total. The minimum Gasteiger partial charge on any atom is -0.379 e. The Morgan fingerprint density at radius 3 is 2.33 bits per heavy atom. The van der Waals surface area contributed by atoms with Crippen LogP contribution in [0.1, 0.15) is 13.8 Å². The Balaban J connectivity index is 2.18. The van der Waals surface area contributed by atoms with Gasteiger partial charge in [0.2, 0.25) is 0 Å². The first-order chi connectivity index (χ1) is 5.86. The summed E-state index contributed by atoms with van der Waals surface area (Å²) in [4.78, 5) is 0.